The Kier molecular flexibility index (Phi) is 3.74. The van der Waals surface area contributed by atoms with Crippen LogP contribution >= 0.6 is 11.6 Å². The molecule has 1 aromatic heterocycles. The second-order valence-corrected chi connectivity index (χ2v) is 5.99. The fourth-order valence-corrected chi connectivity index (χ4v) is 3.24. The van der Waals surface area contributed by atoms with Crippen LogP contribution in [-0.4, -0.2) is 23.6 Å². The summed E-state index contributed by atoms with van der Waals surface area (Å²) in [5.74, 6) is 0.406. The van der Waals surface area contributed by atoms with E-state index < -0.39 is 16.1 Å². The molecule has 4 N–H and O–H groups in total. The second kappa shape index (κ2) is 5.16. The van der Waals surface area contributed by atoms with Gasteiger partial charge in [-0.05, 0) is 25.1 Å². The lowest BCUT2D eigenvalue weighted by Crippen LogP contribution is -2.28. The zero-order chi connectivity index (χ0) is 14.0. The summed E-state index contributed by atoms with van der Waals surface area (Å²) in [6, 6.07) is 3.70. The number of halogens is 1. The Balaban J connectivity index is 2.30. The van der Waals surface area contributed by atoms with E-state index >= 15 is 0 Å². The lowest BCUT2D eigenvalue weighted by atomic mass is 10.3. The predicted molar refractivity (Wildman–Crippen MR) is 71.0 cm³/mol. The van der Waals surface area contributed by atoms with Crippen LogP contribution in [0.3, 0.4) is 0 Å². The van der Waals surface area contributed by atoms with Gasteiger partial charge in [-0.25, -0.2) is 18.1 Å². The Bertz CT molecular complexity index is 671. The summed E-state index contributed by atoms with van der Waals surface area (Å²) in [6.07, 6.45) is 1.30. The third kappa shape index (κ3) is 3.03. The Morgan fingerprint density at radius 2 is 2.21 bits per heavy atom. The molecule has 0 saturated heterocycles. The number of hydrogen-bond acceptors (Lipinski definition) is 5. The van der Waals surface area contributed by atoms with E-state index in [-0.39, 0.29) is 9.92 Å². The monoisotopic (exact) mass is 301 g/mol. The Morgan fingerprint density at radius 3 is 2.84 bits per heavy atom. The van der Waals surface area contributed by atoms with Gasteiger partial charge in [0.05, 0.1) is 11.1 Å². The molecule has 0 aliphatic carbocycles. The van der Waals surface area contributed by atoms with Crippen molar-refractivity contribution in [3.8, 4) is 0 Å². The molecule has 0 aliphatic rings. The minimum absolute atomic E-state index is 0.0690. The van der Waals surface area contributed by atoms with E-state index in [0.717, 1.165) is 0 Å². The quantitative estimate of drug-likeness (QED) is 0.731. The maximum atomic E-state index is 12.2. The van der Waals surface area contributed by atoms with Crippen molar-refractivity contribution in [2.75, 3.05) is 5.73 Å². The van der Waals surface area contributed by atoms with Gasteiger partial charge in [0.15, 0.2) is 0 Å². The number of H-pyrrole nitrogens is 1. The van der Waals surface area contributed by atoms with Gasteiger partial charge in [0.1, 0.15) is 17.0 Å². The van der Waals surface area contributed by atoms with E-state index in [1.165, 1.54) is 24.5 Å². The molecule has 0 aliphatic heterocycles. The molecule has 9 heteroatoms. The average molecular weight is 302 g/mol. The standard InChI is InChI=1S/C10H12ClN5O2S/c1-6(10-13-5-14-15-10)16-19(17,18)9-4-7(12)2-3-8(9)11/h2-6,16H,12H2,1H3,(H,13,14,15). The molecule has 0 radical (unpaired) electrons. The Labute approximate surface area is 115 Å². The topological polar surface area (TPSA) is 114 Å². The molecule has 0 fully saturated rings. The van der Waals surface area contributed by atoms with Gasteiger partial charge < -0.3 is 5.73 Å². The molecule has 0 spiro atoms. The SMILES string of the molecule is CC(NS(=O)(=O)c1cc(N)ccc1Cl)c1ncn[nH]1. The zero-order valence-corrected chi connectivity index (χ0v) is 11.5. The van der Waals surface area contributed by atoms with Crippen LogP contribution in [0.25, 0.3) is 0 Å². The normalized spacial score (nSPS) is 13.4. The average Bonchev–Trinajstić information content (AvgIpc) is 2.85. The van der Waals surface area contributed by atoms with Crippen molar-refractivity contribution in [3.63, 3.8) is 0 Å². The number of nitrogens with two attached hydrogens (primary N) is 1. The maximum absolute atomic E-state index is 12.2. The van der Waals surface area contributed by atoms with Crippen LogP contribution in [0.1, 0.15) is 18.8 Å². The highest BCUT2D eigenvalue weighted by atomic mass is 35.5. The fourth-order valence-electron chi connectivity index (χ4n) is 1.50. The summed E-state index contributed by atoms with van der Waals surface area (Å²) < 4.78 is 26.8. The van der Waals surface area contributed by atoms with Crippen molar-refractivity contribution in [2.24, 2.45) is 0 Å². The van der Waals surface area contributed by atoms with Gasteiger partial charge >= 0.3 is 0 Å². The summed E-state index contributed by atoms with van der Waals surface area (Å²) in [5.41, 5.74) is 5.89. The number of nitrogens with one attached hydrogen (secondary N) is 2. The van der Waals surface area contributed by atoms with E-state index in [9.17, 15) is 8.42 Å². The van der Waals surface area contributed by atoms with Crippen LogP contribution in [0.2, 0.25) is 5.02 Å². The van der Waals surface area contributed by atoms with Gasteiger partial charge in [-0.2, -0.15) is 5.10 Å². The van der Waals surface area contributed by atoms with Crippen LogP contribution in [0, 0.1) is 0 Å². The number of aromatic nitrogens is 3. The first-order chi connectivity index (χ1) is 8.90. The molecule has 102 valence electrons. The molecule has 1 atom stereocenters. The van der Waals surface area contributed by atoms with Gasteiger partial charge in [-0.3, -0.25) is 5.10 Å². The van der Waals surface area contributed by atoms with Crippen LogP contribution in [0.15, 0.2) is 29.4 Å². The molecule has 19 heavy (non-hydrogen) atoms. The molecule has 2 rings (SSSR count). The number of benzene rings is 1. The minimum atomic E-state index is -3.79. The summed E-state index contributed by atoms with van der Waals surface area (Å²) in [4.78, 5) is 3.81. The molecule has 1 unspecified atom stereocenters. The number of nitrogens with zero attached hydrogens (tertiary/aromatic N) is 2. The van der Waals surface area contributed by atoms with E-state index in [0.29, 0.717) is 11.5 Å². The van der Waals surface area contributed by atoms with Crippen molar-refractivity contribution in [1.29, 1.82) is 0 Å². The lowest BCUT2D eigenvalue weighted by molar-refractivity contribution is 0.560. The third-order valence-corrected chi connectivity index (χ3v) is 4.44. The van der Waals surface area contributed by atoms with Gasteiger partial charge in [0, 0.05) is 5.69 Å². The van der Waals surface area contributed by atoms with Crippen LogP contribution in [-0.2, 0) is 10.0 Å². The number of aromatic amines is 1. The van der Waals surface area contributed by atoms with Crippen molar-refractivity contribution < 1.29 is 8.42 Å². The summed E-state index contributed by atoms with van der Waals surface area (Å²) >= 11 is 5.88. The molecular formula is C10H12ClN5O2S. The number of nitrogen functional groups attached to an aromatic ring is 1. The first kappa shape index (κ1) is 13.8. The lowest BCUT2D eigenvalue weighted by Gasteiger charge is -2.13. The molecule has 0 bridgehead atoms. The second-order valence-electron chi connectivity index (χ2n) is 3.90. The van der Waals surface area contributed by atoms with Crippen molar-refractivity contribution >= 4 is 27.3 Å². The number of hydrogen-bond donors (Lipinski definition) is 3. The third-order valence-electron chi connectivity index (χ3n) is 2.42. The number of anilines is 1. The van der Waals surface area contributed by atoms with Gasteiger partial charge in [-0.15, -0.1) is 0 Å². The van der Waals surface area contributed by atoms with E-state index in [1.54, 1.807) is 6.92 Å². The van der Waals surface area contributed by atoms with Gasteiger partial charge in [0.25, 0.3) is 0 Å². The number of rotatable bonds is 4. The largest absolute Gasteiger partial charge is 0.399 e. The minimum Gasteiger partial charge on any atom is -0.399 e. The van der Waals surface area contributed by atoms with Crippen LogP contribution < -0.4 is 10.5 Å². The molecule has 0 saturated carbocycles. The molecule has 1 heterocycles. The smallest absolute Gasteiger partial charge is 0.242 e. The highest BCUT2D eigenvalue weighted by molar-refractivity contribution is 7.89. The first-order valence-corrected chi connectivity index (χ1v) is 7.19. The van der Waals surface area contributed by atoms with Crippen molar-refractivity contribution in [3.05, 3.63) is 35.4 Å². The fraction of sp³-hybridized carbons (Fsp3) is 0.200. The highest BCUT2D eigenvalue weighted by Crippen LogP contribution is 2.24. The molecular weight excluding hydrogens is 290 g/mol. The van der Waals surface area contributed by atoms with E-state index in [4.69, 9.17) is 17.3 Å². The summed E-state index contributed by atoms with van der Waals surface area (Å²) in [5, 5.41) is 6.36. The zero-order valence-electron chi connectivity index (χ0n) is 9.96. The Morgan fingerprint density at radius 1 is 1.47 bits per heavy atom. The van der Waals surface area contributed by atoms with Crippen LogP contribution in [0.5, 0.6) is 0 Å². The molecule has 7 nitrogen and oxygen atoms in total. The van der Waals surface area contributed by atoms with E-state index in [1.807, 2.05) is 0 Å². The van der Waals surface area contributed by atoms with Gasteiger partial charge in [0.2, 0.25) is 10.0 Å². The van der Waals surface area contributed by atoms with Crippen LogP contribution in [0.4, 0.5) is 5.69 Å². The molecule has 0 amide bonds. The highest BCUT2D eigenvalue weighted by Gasteiger charge is 2.22. The van der Waals surface area contributed by atoms with Gasteiger partial charge in [-0.1, -0.05) is 11.6 Å². The Hall–Kier alpha value is -1.64. The molecule has 1 aromatic carbocycles. The van der Waals surface area contributed by atoms with E-state index in [2.05, 4.69) is 19.9 Å². The first-order valence-electron chi connectivity index (χ1n) is 5.33. The molecule has 2 aromatic rings. The predicted octanol–water partition coefficient (Wildman–Crippen LogP) is 1.08. The number of sulfonamides is 1. The maximum Gasteiger partial charge on any atom is 0.242 e. The summed E-state index contributed by atoms with van der Waals surface area (Å²) in [7, 11) is -3.79. The van der Waals surface area contributed by atoms with Crippen molar-refractivity contribution in [1.82, 2.24) is 19.9 Å². The summed E-state index contributed by atoms with van der Waals surface area (Å²) in [6.45, 7) is 1.64. The van der Waals surface area contributed by atoms with Crippen molar-refractivity contribution in [2.45, 2.75) is 17.9 Å².